The molecule has 1 aromatic rings. The first-order valence-electron chi connectivity index (χ1n) is 6.24. The average molecular weight is 324 g/mol. The maximum absolute atomic E-state index is 12.5. The summed E-state index contributed by atoms with van der Waals surface area (Å²) in [5.74, 6) is 0. The summed E-state index contributed by atoms with van der Waals surface area (Å²) in [7, 11) is -3.54. The molecule has 0 radical (unpaired) electrons. The van der Waals surface area contributed by atoms with Crippen LogP contribution in [0.3, 0.4) is 0 Å². The molecular formula is C12H17Cl2N2O2S+. The molecular weight excluding hydrogens is 307 g/mol. The van der Waals surface area contributed by atoms with Crippen molar-refractivity contribution in [1.82, 2.24) is 4.31 Å². The predicted molar refractivity (Wildman–Crippen MR) is 76.5 cm³/mol. The van der Waals surface area contributed by atoms with Gasteiger partial charge in [-0.15, -0.1) is 0 Å². The molecule has 0 aliphatic carbocycles. The molecule has 1 aliphatic rings. The fourth-order valence-electron chi connectivity index (χ4n) is 2.22. The van der Waals surface area contributed by atoms with Crippen LogP contribution in [0, 0.1) is 0 Å². The van der Waals surface area contributed by atoms with Crippen LogP contribution in [0.25, 0.3) is 0 Å². The van der Waals surface area contributed by atoms with Gasteiger partial charge in [-0.25, -0.2) is 8.42 Å². The molecule has 1 fully saturated rings. The number of hydrogen-bond acceptors (Lipinski definition) is 2. The van der Waals surface area contributed by atoms with Crippen molar-refractivity contribution in [2.45, 2.75) is 11.8 Å². The smallest absolute Gasteiger partial charge is 0.245 e. The first-order valence-corrected chi connectivity index (χ1v) is 8.44. The van der Waals surface area contributed by atoms with E-state index in [1.807, 2.05) is 0 Å². The van der Waals surface area contributed by atoms with Gasteiger partial charge < -0.3 is 4.90 Å². The molecule has 0 amide bonds. The minimum atomic E-state index is -3.54. The van der Waals surface area contributed by atoms with Crippen molar-refractivity contribution in [3.8, 4) is 0 Å². The Bertz CT molecular complexity index is 555. The fourth-order valence-corrected chi connectivity index (χ4v) is 4.40. The Labute approximate surface area is 124 Å². The van der Waals surface area contributed by atoms with Crippen molar-refractivity contribution < 1.29 is 13.3 Å². The second-order valence-electron chi connectivity index (χ2n) is 4.56. The number of nitrogens with one attached hydrogen (secondary N) is 1. The maximum atomic E-state index is 12.5. The summed E-state index contributed by atoms with van der Waals surface area (Å²) in [6, 6.07) is 4.69. The van der Waals surface area contributed by atoms with Crippen molar-refractivity contribution >= 4 is 33.2 Å². The van der Waals surface area contributed by atoms with Gasteiger partial charge in [-0.2, -0.15) is 4.31 Å². The van der Waals surface area contributed by atoms with Crippen molar-refractivity contribution in [2.24, 2.45) is 0 Å². The third kappa shape index (κ3) is 3.06. The van der Waals surface area contributed by atoms with Gasteiger partial charge in [-0.05, 0) is 19.1 Å². The molecule has 1 heterocycles. The number of hydrogen-bond donors (Lipinski definition) is 1. The highest BCUT2D eigenvalue weighted by Gasteiger charge is 2.31. The topological polar surface area (TPSA) is 41.8 Å². The normalized spacial score (nSPS) is 18.7. The number of sulfonamides is 1. The van der Waals surface area contributed by atoms with E-state index in [1.54, 1.807) is 12.1 Å². The molecule has 7 heteroatoms. The molecule has 1 saturated heterocycles. The van der Waals surface area contributed by atoms with Gasteiger partial charge in [0.2, 0.25) is 10.0 Å². The molecule has 2 rings (SSSR count). The van der Waals surface area contributed by atoms with Gasteiger partial charge in [0.05, 0.1) is 42.8 Å². The zero-order valence-electron chi connectivity index (χ0n) is 10.7. The molecule has 4 nitrogen and oxygen atoms in total. The molecule has 0 unspecified atom stereocenters. The highest BCUT2D eigenvalue weighted by Crippen LogP contribution is 2.30. The molecule has 0 spiro atoms. The number of piperazine rings is 1. The van der Waals surface area contributed by atoms with Gasteiger partial charge in [-0.1, -0.05) is 29.3 Å². The lowest BCUT2D eigenvalue weighted by Crippen LogP contribution is -3.14. The minimum absolute atomic E-state index is 0.0987. The average Bonchev–Trinajstić information content (AvgIpc) is 2.41. The largest absolute Gasteiger partial charge is 0.333 e. The summed E-state index contributed by atoms with van der Waals surface area (Å²) in [6.45, 7) is 5.82. The summed E-state index contributed by atoms with van der Waals surface area (Å²) in [4.78, 5) is 1.52. The predicted octanol–water partition coefficient (Wildman–Crippen LogP) is 0.903. The third-order valence-corrected chi connectivity index (χ3v) is 6.34. The van der Waals surface area contributed by atoms with Crippen LogP contribution in [0.1, 0.15) is 6.92 Å². The number of likely N-dealkylation sites (N-methyl/N-ethyl adjacent to an activating group) is 1. The van der Waals surface area contributed by atoms with Crippen LogP contribution in [0.2, 0.25) is 10.0 Å². The van der Waals surface area contributed by atoms with E-state index in [2.05, 4.69) is 6.92 Å². The quantitative estimate of drug-likeness (QED) is 0.898. The molecule has 0 saturated carbocycles. The lowest BCUT2D eigenvalue weighted by Gasteiger charge is -2.31. The summed E-state index contributed by atoms with van der Waals surface area (Å²) in [5.41, 5.74) is 0. The van der Waals surface area contributed by atoms with E-state index in [9.17, 15) is 8.42 Å². The SMILES string of the molecule is CC[NH+]1CCN(S(=O)(=O)c2cccc(Cl)c2Cl)CC1. The van der Waals surface area contributed by atoms with Gasteiger partial charge in [0.15, 0.2) is 0 Å². The Morgan fingerprint density at radius 3 is 2.47 bits per heavy atom. The lowest BCUT2D eigenvalue weighted by atomic mass is 10.4. The Morgan fingerprint density at radius 1 is 1.26 bits per heavy atom. The van der Waals surface area contributed by atoms with E-state index in [0.29, 0.717) is 13.1 Å². The minimum Gasteiger partial charge on any atom is -0.333 e. The van der Waals surface area contributed by atoms with E-state index in [0.717, 1.165) is 19.6 Å². The monoisotopic (exact) mass is 323 g/mol. The van der Waals surface area contributed by atoms with Crippen LogP contribution in [0.15, 0.2) is 23.1 Å². The van der Waals surface area contributed by atoms with E-state index < -0.39 is 10.0 Å². The second-order valence-corrected chi connectivity index (χ2v) is 7.25. The second kappa shape index (κ2) is 5.97. The van der Waals surface area contributed by atoms with E-state index in [4.69, 9.17) is 23.2 Å². The Balaban J connectivity index is 2.26. The number of halogens is 2. The maximum Gasteiger partial charge on any atom is 0.245 e. The number of nitrogens with zero attached hydrogens (tertiary/aromatic N) is 1. The number of benzene rings is 1. The molecule has 0 atom stereocenters. The van der Waals surface area contributed by atoms with Crippen LogP contribution in [0.5, 0.6) is 0 Å². The zero-order chi connectivity index (χ0) is 14.0. The molecule has 1 N–H and O–H groups in total. The van der Waals surface area contributed by atoms with Crippen molar-refractivity contribution in [3.63, 3.8) is 0 Å². The Kier molecular flexibility index (Phi) is 4.74. The van der Waals surface area contributed by atoms with Gasteiger partial charge >= 0.3 is 0 Å². The van der Waals surface area contributed by atoms with Gasteiger partial charge in [-0.3, -0.25) is 0 Å². The highest BCUT2D eigenvalue weighted by atomic mass is 35.5. The highest BCUT2D eigenvalue weighted by molar-refractivity contribution is 7.89. The van der Waals surface area contributed by atoms with Gasteiger partial charge in [0.1, 0.15) is 4.90 Å². The molecule has 0 bridgehead atoms. The first-order chi connectivity index (χ1) is 8.96. The van der Waals surface area contributed by atoms with E-state index >= 15 is 0 Å². The van der Waals surface area contributed by atoms with E-state index in [-0.39, 0.29) is 14.9 Å². The number of quaternary nitrogens is 1. The third-order valence-electron chi connectivity index (χ3n) is 3.46. The summed E-state index contributed by atoms with van der Waals surface area (Å²) in [5, 5.41) is 0.370. The van der Waals surface area contributed by atoms with Gasteiger partial charge in [0, 0.05) is 0 Å². The van der Waals surface area contributed by atoms with Crippen LogP contribution in [-0.4, -0.2) is 45.4 Å². The molecule has 1 aliphatic heterocycles. The Morgan fingerprint density at radius 2 is 1.89 bits per heavy atom. The standard InChI is InChI=1S/C12H16Cl2N2O2S/c1-2-15-6-8-16(9-7-15)19(17,18)11-5-3-4-10(13)12(11)14/h3-5H,2,6-9H2,1H3/p+1. The molecule has 19 heavy (non-hydrogen) atoms. The van der Waals surface area contributed by atoms with Crippen molar-refractivity contribution in [1.29, 1.82) is 0 Å². The fraction of sp³-hybridized carbons (Fsp3) is 0.500. The van der Waals surface area contributed by atoms with E-state index in [1.165, 1.54) is 15.3 Å². The lowest BCUT2D eigenvalue weighted by molar-refractivity contribution is -0.901. The van der Waals surface area contributed by atoms with Gasteiger partial charge in [0.25, 0.3) is 0 Å². The summed E-state index contributed by atoms with van der Waals surface area (Å²) in [6.07, 6.45) is 0. The first kappa shape index (κ1) is 15.1. The molecule has 106 valence electrons. The Hall–Kier alpha value is -0.330. The summed E-state index contributed by atoms with van der Waals surface area (Å²) < 4.78 is 26.5. The van der Waals surface area contributed by atoms with Crippen molar-refractivity contribution in [3.05, 3.63) is 28.2 Å². The molecule has 0 aromatic heterocycles. The van der Waals surface area contributed by atoms with Crippen LogP contribution in [-0.2, 0) is 10.0 Å². The summed E-state index contributed by atoms with van der Waals surface area (Å²) >= 11 is 11.9. The molecule has 1 aromatic carbocycles. The number of rotatable bonds is 3. The van der Waals surface area contributed by atoms with Crippen LogP contribution < -0.4 is 4.90 Å². The zero-order valence-corrected chi connectivity index (χ0v) is 13.0. The van der Waals surface area contributed by atoms with Crippen LogP contribution >= 0.6 is 23.2 Å². The van der Waals surface area contributed by atoms with Crippen LogP contribution in [0.4, 0.5) is 0 Å². The van der Waals surface area contributed by atoms with Crippen molar-refractivity contribution in [2.75, 3.05) is 32.7 Å².